The standard InChI is InChI=1S/C13H10Br2ClNO2S/c1-8-6-10(3-5-11(8)14)20(18,19)17-9-2-4-12(15)13(16)7-9/h2-7,17H,1H3. The van der Waals surface area contributed by atoms with E-state index in [9.17, 15) is 8.42 Å². The van der Waals surface area contributed by atoms with Gasteiger partial charge in [0.1, 0.15) is 0 Å². The van der Waals surface area contributed by atoms with Gasteiger partial charge in [0.25, 0.3) is 10.0 Å². The fourth-order valence-electron chi connectivity index (χ4n) is 1.56. The molecule has 0 unspecified atom stereocenters. The summed E-state index contributed by atoms with van der Waals surface area (Å²) < 4.78 is 28.6. The van der Waals surface area contributed by atoms with Gasteiger partial charge in [-0.1, -0.05) is 27.5 Å². The van der Waals surface area contributed by atoms with Crippen LogP contribution in [0.5, 0.6) is 0 Å². The van der Waals surface area contributed by atoms with Gasteiger partial charge in [0.15, 0.2) is 0 Å². The molecule has 2 aromatic rings. The Hall–Kier alpha value is -0.560. The fraction of sp³-hybridized carbons (Fsp3) is 0.0769. The van der Waals surface area contributed by atoms with Crippen LogP contribution in [0.25, 0.3) is 0 Å². The Labute approximate surface area is 139 Å². The summed E-state index contributed by atoms with van der Waals surface area (Å²) in [5.41, 5.74) is 1.26. The van der Waals surface area contributed by atoms with E-state index in [2.05, 4.69) is 36.6 Å². The lowest BCUT2D eigenvalue weighted by atomic mass is 10.2. The molecule has 3 nitrogen and oxygen atoms in total. The third-order valence-electron chi connectivity index (χ3n) is 2.61. The van der Waals surface area contributed by atoms with E-state index in [4.69, 9.17) is 11.6 Å². The van der Waals surface area contributed by atoms with Crippen molar-refractivity contribution in [2.45, 2.75) is 11.8 Å². The van der Waals surface area contributed by atoms with E-state index in [1.54, 1.807) is 36.4 Å². The van der Waals surface area contributed by atoms with E-state index < -0.39 is 10.0 Å². The molecule has 1 N–H and O–H groups in total. The molecule has 7 heteroatoms. The van der Waals surface area contributed by atoms with E-state index in [1.807, 2.05) is 6.92 Å². The van der Waals surface area contributed by atoms with Crippen LogP contribution in [0, 0.1) is 6.92 Å². The number of halogens is 3. The van der Waals surface area contributed by atoms with Gasteiger partial charge in [-0.15, -0.1) is 0 Å². The highest BCUT2D eigenvalue weighted by molar-refractivity contribution is 9.10. The highest BCUT2D eigenvalue weighted by atomic mass is 79.9. The van der Waals surface area contributed by atoms with E-state index in [0.29, 0.717) is 15.2 Å². The van der Waals surface area contributed by atoms with Crippen molar-refractivity contribution in [3.63, 3.8) is 0 Å². The van der Waals surface area contributed by atoms with Gasteiger partial charge in [-0.05, 0) is 64.8 Å². The molecule has 0 aliphatic rings. The van der Waals surface area contributed by atoms with Crippen LogP contribution in [-0.2, 0) is 10.0 Å². The average molecular weight is 440 g/mol. The number of hydrogen-bond acceptors (Lipinski definition) is 2. The predicted molar refractivity (Wildman–Crippen MR) is 88.8 cm³/mol. The molecule has 0 bridgehead atoms. The summed E-state index contributed by atoms with van der Waals surface area (Å²) in [5.74, 6) is 0. The number of aryl methyl sites for hydroxylation is 1. The Morgan fingerprint density at radius 3 is 2.30 bits per heavy atom. The van der Waals surface area contributed by atoms with E-state index in [1.165, 1.54) is 0 Å². The van der Waals surface area contributed by atoms with Gasteiger partial charge in [-0.25, -0.2) is 8.42 Å². The molecule has 0 saturated carbocycles. The summed E-state index contributed by atoms with van der Waals surface area (Å²) in [6.07, 6.45) is 0. The van der Waals surface area contributed by atoms with Gasteiger partial charge in [0.2, 0.25) is 0 Å². The molecule has 0 atom stereocenters. The van der Waals surface area contributed by atoms with Crippen molar-refractivity contribution in [2.24, 2.45) is 0 Å². The molecule has 2 aromatic carbocycles. The minimum absolute atomic E-state index is 0.206. The Kier molecular flexibility index (Phi) is 4.79. The van der Waals surface area contributed by atoms with Gasteiger partial charge in [0.05, 0.1) is 15.6 Å². The maximum Gasteiger partial charge on any atom is 0.261 e. The topological polar surface area (TPSA) is 46.2 Å². The summed E-state index contributed by atoms with van der Waals surface area (Å²) in [6.45, 7) is 1.83. The molecule has 0 aliphatic heterocycles. The smallest absolute Gasteiger partial charge is 0.261 e. The SMILES string of the molecule is Cc1cc(S(=O)(=O)Nc2ccc(Br)c(Cl)c2)ccc1Br. The van der Waals surface area contributed by atoms with Crippen molar-refractivity contribution in [1.29, 1.82) is 0 Å². The van der Waals surface area contributed by atoms with E-state index >= 15 is 0 Å². The number of rotatable bonds is 3. The Bertz CT molecular complexity index is 763. The molecular formula is C13H10Br2ClNO2S. The molecule has 0 spiro atoms. The molecule has 0 aliphatic carbocycles. The van der Waals surface area contributed by atoms with Crippen LogP contribution in [0.4, 0.5) is 5.69 Å². The van der Waals surface area contributed by atoms with Crippen LogP contribution in [0.2, 0.25) is 5.02 Å². The first-order chi connectivity index (χ1) is 9.29. The van der Waals surface area contributed by atoms with Gasteiger partial charge in [-0.2, -0.15) is 0 Å². The van der Waals surface area contributed by atoms with Crippen LogP contribution in [0.3, 0.4) is 0 Å². The van der Waals surface area contributed by atoms with Crippen LogP contribution in [0.1, 0.15) is 5.56 Å². The molecule has 0 radical (unpaired) electrons. The van der Waals surface area contributed by atoms with Gasteiger partial charge < -0.3 is 0 Å². The molecule has 2 rings (SSSR count). The normalized spacial score (nSPS) is 11.4. The first-order valence-electron chi connectivity index (χ1n) is 5.53. The number of anilines is 1. The van der Waals surface area contributed by atoms with Crippen molar-refractivity contribution in [2.75, 3.05) is 4.72 Å². The van der Waals surface area contributed by atoms with Gasteiger partial charge in [0, 0.05) is 8.95 Å². The second kappa shape index (κ2) is 6.05. The highest BCUT2D eigenvalue weighted by Gasteiger charge is 2.15. The third kappa shape index (κ3) is 3.55. The second-order valence-corrected chi connectivity index (χ2v) is 7.94. The van der Waals surface area contributed by atoms with Crippen molar-refractivity contribution < 1.29 is 8.42 Å². The summed E-state index contributed by atoms with van der Waals surface area (Å²) in [7, 11) is -3.63. The molecule has 106 valence electrons. The monoisotopic (exact) mass is 437 g/mol. The highest BCUT2D eigenvalue weighted by Crippen LogP contribution is 2.27. The van der Waals surface area contributed by atoms with Crippen molar-refractivity contribution >= 4 is 59.2 Å². The lowest BCUT2D eigenvalue weighted by molar-refractivity contribution is 0.601. The molecule has 20 heavy (non-hydrogen) atoms. The lowest BCUT2D eigenvalue weighted by Gasteiger charge is -2.10. The second-order valence-electron chi connectivity index (χ2n) is 4.15. The van der Waals surface area contributed by atoms with E-state index in [0.717, 1.165) is 10.0 Å². The summed E-state index contributed by atoms with van der Waals surface area (Å²) in [6, 6.07) is 9.73. The molecule has 0 amide bonds. The average Bonchev–Trinajstić information content (AvgIpc) is 2.37. The Balaban J connectivity index is 2.35. The molecule has 0 fully saturated rings. The van der Waals surface area contributed by atoms with Gasteiger partial charge >= 0.3 is 0 Å². The molecule has 0 aromatic heterocycles. The maximum absolute atomic E-state index is 12.3. The van der Waals surface area contributed by atoms with Crippen molar-refractivity contribution in [1.82, 2.24) is 0 Å². The van der Waals surface area contributed by atoms with Crippen molar-refractivity contribution in [3.05, 3.63) is 55.9 Å². The zero-order valence-corrected chi connectivity index (χ0v) is 15.1. The summed E-state index contributed by atoms with van der Waals surface area (Å²) >= 11 is 12.5. The summed E-state index contributed by atoms with van der Waals surface area (Å²) in [4.78, 5) is 0.206. The molecule has 0 heterocycles. The zero-order chi connectivity index (χ0) is 14.9. The van der Waals surface area contributed by atoms with Gasteiger partial charge in [-0.3, -0.25) is 4.72 Å². The quantitative estimate of drug-likeness (QED) is 0.734. The third-order valence-corrected chi connectivity index (χ3v) is 6.11. The first kappa shape index (κ1) is 15.8. The number of sulfonamides is 1. The largest absolute Gasteiger partial charge is 0.280 e. The van der Waals surface area contributed by atoms with Crippen LogP contribution in [-0.4, -0.2) is 8.42 Å². The number of benzene rings is 2. The molecular weight excluding hydrogens is 429 g/mol. The predicted octanol–water partition coefficient (Wildman–Crippen LogP) is 4.97. The Morgan fingerprint density at radius 2 is 1.70 bits per heavy atom. The first-order valence-corrected chi connectivity index (χ1v) is 8.98. The minimum atomic E-state index is -3.63. The lowest BCUT2D eigenvalue weighted by Crippen LogP contribution is -2.13. The fourth-order valence-corrected chi connectivity index (χ4v) is 3.37. The molecule has 0 saturated heterocycles. The Morgan fingerprint density at radius 1 is 1.05 bits per heavy atom. The van der Waals surface area contributed by atoms with Crippen LogP contribution >= 0.6 is 43.5 Å². The van der Waals surface area contributed by atoms with Crippen molar-refractivity contribution in [3.8, 4) is 0 Å². The maximum atomic E-state index is 12.3. The summed E-state index contributed by atoms with van der Waals surface area (Å²) in [5, 5.41) is 0.442. The van der Waals surface area contributed by atoms with Crippen LogP contribution < -0.4 is 4.72 Å². The number of hydrogen-bond donors (Lipinski definition) is 1. The van der Waals surface area contributed by atoms with E-state index in [-0.39, 0.29) is 4.90 Å². The zero-order valence-electron chi connectivity index (χ0n) is 10.3. The number of nitrogens with one attached hydrogen (secondary N) is 1. The minimum Gasteiger partial charge on any atom is -0.280 e. The van der Waals surface area contributed by atoms with Crippen LogP contribution in [0.15, 0.2) is 50.2 Å².